The highest BCUT2D eigenvalue weighted by atomic mass is 35.5. The van der Waals surface area contributed by atoms with Gasteiger partial charge in [0, 0.05) is 16.3 Å². The Morgan fingerprint density at radius 3 is 2.62 bits per heavy atom. The molecule has 5 heteroatoms. The van der Waals surface area contributed by atoms with Gasteiger partial charge in [-0.05, 0) is 13.0 Å². The molecule has 0 aromatic carbocycles. The lowest BCUT2D eigenvalue weighted by atomic mass is 10.2. The van der Waals surface area contributed by atoms with Gasteiger partial charge in [-0.25, -0.2) is 8.78 Å². The summed E-state index contributed by atoms with van der Waals surface area (Å²) in [6, 6.07) is 1.52. The van der Waals surface area contributed by atoms with Crippen molar-refractivity contribution in [1.82, 2.24) is 4.98 Å². The minimum Gasteiger partial charge on any atom is -0.252 e. The van der Waals surface area contributed by atoms with E-state index in [2.05, 4.69) is 4.98 Å². The van der Waals surface area contributed by atoms with Crippen LogP contribution < -0.4 is 0 Å². The average molecular weight is 226 g/mol. The second-order valence-corrected chi connectivity index (χ2v) is 3.22. The van der Waals surface area contributed by atoms with E-state index in [9.17, 15) is 8.78 Å². The molecule has 0 bridgehead atoms. The van der Waals surface area contributed by atoms with E-state index in [-0.39, 0.29) is 22.2 Å². The van der Waals surface area contributed by atoms with Crippen molar-refractivity contribution in [3.63, 3.8) is 0 Å². The first-order valence-electron chi connectivity index (χ1n) is 3.56. The van der Waals surface area contributed by atoms with Crippen LogP contribution in [0.15, 0.2) is 6.07 Å². The Morgan fingerprint density at radius 1 is 1.54 bits per heavy atom. The molecule has 1 aromatic heterocycles. The van der Waals surface area contributed by atoms with Crippen molar-refractivity contribution < 1.29 is 8.78 Å². The molecule has 0 atom stereocenters. The van der Waals surface area contributed by atoms with Crippen LogP contribution in [0.5, 0.6) is 0 Å². The van der Waals surface area contributed by atoms with Crippen molar-refractivity contribution >= 4 is 23.2 Å². The summed E-state index contributed by atoms with van der Waals surface area (Å²) in [6.07, 6.45) is -2.63. The highest BCUT2D eigenvalue weighted by Gasteiger charge is 2.17. The SMILES string of the molecule is Cc1cc(Cl)c(CCl)c(C(F)F)n1. The molecule has 1 nitrogen and oxygen atoms in total. The summed E-state index contributed by atoms with van der Waals surface area (Å²) in [4.78, 5) is 3.69. The number of hydrogen-bond acceptors (Lipinski definition) is 1. The zero-order valence-electron chi connectivity index (χ0n) is 6.82. The van der Waals surface area contributed by atoms with Crippen LogP contribution in [0.2, 0.25) is 5.02 Å². The van der Waals surface area contributed by atoms with Gasteiger partial charge in [-0.2, -0.15) is 0 Å². The molecule has 0 radical (unpaired) electrons. The number of aryl methyl sites for hydroxylation is 1. The Kier molecular flexibility index (Phi) is 3.45. The smallest absolute Gasteiger partial charge is 0.252 e. The molecule has 1 aromatic rings. The van der Waals surface area contributed by atoms with Crippen LogP contribution >= 0.6 is 23.2 Å². The summed E-state index contributed by atoms with van der Waals surface area (Å²) >= 11 is 11.2. The van der Waals surface area contributed by atoms with Crippen molar-refractivity contribution in [1.29, 1.82) is 0 Å². The molecule has 0 saturated carbocycles. The molecular weight excluding hydrogens is 219 g/mol. The summed E-state index contributed by atoms with van der Waals surface area (Å²) in [5.74, 6) is -0.0498. The number of rotatable bonds is 2. The van der Waals surface area contributed by atoms with Gasteiger partial charge in [-0.1, -0.05) is 11.6 Å². The maximum atomic E-state index is 12.4. The van der Waals surface area contributed by atoms with E-state index in [4.69, 9.17) is 23.2 Å². The quantitative estimate of drug-likeness (QED) is 0.700. The monoisotopic (exact) mass is 225 g/mol. The molecule has 1 heterocycles. The molecule has 0 amide bonds. The summed E-state index contributed by atoms with van der Waals surface area (Å²) in [7, 11) is 0. The average Bonchev–Trinajstić information content (AvgIpc) is 2.02. The number of aromatic nitrogens is 1. The molecule has 0 spiro atoms. The van der Waals surface area contributed by atoms with E-state index >= 15 is 0 Å². The highest BCUT2D eigenvalue weighted by molar-refractivity contribution is 6.32. The predicted molar refractivity (Wildman–Crippen MR) is 48.5 cm³/mol. The van der Waals surface area contributed by atoms with Crippen LogP contribution in [-0.2, 0) is 5.88 Å². The topological polar surface area (TPSA) is 12.9 Å². The van der Waals surface area contributed by atoms with Crippen LogP contribution in [-0.4, -0.2) is 4.98 Å². The third kappa shape index (κ3) is 2.29. The molecule has 1 rings (SSSR count). The summed E-state index contributed by atoms with van der Waals surface area (Å²) in [6.45, 7) is 1.61. The highest BCUT2D eigenvalue weighted by Crippen LogP contribution is 2.28. The second kappa shape index (κ2) is 4.20. The molecule has 0 aliphatic rings. The Hall–Kier alpha value is -0.410. The van der Waals surface area contributed by atoms with E-state index < -0.39 is 6.43 Å². The Balaban J connectivity index is 3.29. The van der Waals surface area contributed by atoms with Gasteiger partial charge in [-0.15, -0.1) is 11.6 Å². The van der Waals surface area contributed by atoms with Crippen molar-refractivity contribution in [2.75, 3.05) is 0 Å². The zero-order valence-corrected chi connectivity index (χ0v) is 8.33. The molecule has 0 N–H and O–H groups in total. The molecule has 72 valence electrons. The molecule has 13 heavy (non-hydrogen) atoms. The van der Waals surface area contributed by atoms with E-state index in [1.807, 2.05) is 0 Å². The molecule has 0 unspecified atom stereocenters. The summed E-state index contributed by atoms with van der Waals surface area (Å²) < 4.78 is 24.8. The van der Waals surface area contributed by atoms with Crippen molar-refractivity contribution in [2.24, 2.45) is 0 Å². The molecule has 0 aliphatic heterocycles. The minimum absolute atomic E-state index is 0.0498. The maximum Gasteiger partial charge on any atom is 0.280 e. The van der Waals surface area contributed by atoms with Gasteiger partial charge in [0.25, 0.3) is 6.43 Å². The molecule has 0 aliphatic carbocycles. The Morgan fingerprint density at radius 2 is 2.15 bits per heavy atom. The molecule has 0 saturated heterocycles. The van der Waals surface area contributed by atoms with E-state index in [1.54, 1.807) is 6.92 Å². The normalized spacial score (nSPS) is 10.9. The summed E-state index contributed by atoms with van der Waals surface area (Å²) in [5, 5.41) is 0.248. The number of hydrogen-bond donors (Lipinski definition) is 0. The zero-order chi connectivity index (χ0) is 10.0. The number of pyridine rings is 1. The number of halogens is 4. The lowest BCUT2D eigenvalue weighted by Crippen LogP contribution is -1.99. The van der Waals surface area contributed by atoms with Crippen LogP contribution in [0.3, 0.4) is 0 Å². The first-order chi connectivity index (χ1) is 6.06. The summed E-state index contributed by atoms with van der Waals surface area (Å²) in [5.41, 5.74) is 0.359. The van der Waals surface area contributed by atoms with Gasteiger partial charge in [0.05, 0.1) is 5.88 Å². The first kappa shape index (κ1) is 10.7. The van der Waals surface area contributed by atoms with Gasteiger partial charge < -0.3 is 0 Å². The van der Waals surface area contributed by atoms with Gasteiger partial charge >= 0.3 is 0 Å². The van der Waals surface area contributed by atoms with Crippen LogP contribution in [0, 0.1) is 6.92 Å². The van der Waals surface area contributed by atoms with Crippen LogP contribution in [0.4, 0.5) is 8.78 Å². The first-order valence-corrected chi connectivity index (χ1v) is 4.47. The Bertz CT molecular complexity index is 315. The lowest BCUT2D eigenvalue weighted by Gasteiger charge is -2.08. The van der Waals surface area contributed by atoms with E-state index in [0.29, 0.717) is 5.69 Å². The largest absolute Gasteiger partial charge is 0.280 e. The lowest BCUT2D eigenvalue weighted by molar-refractivity contribution is 0.145. The van der Waals surface area contributed by atoms with Gasteiger partial charge in [0.15, 0.2) is 0 Å². The number of nitrogens with zero attached hydrogens (tertiary/aromatic N) is 1. The fourth-order valence-corrected chi connectivity index (χ4v) is 1.67. The Labute approximate surface area is 84.7 Å². The van der Waals surface area contributed by atoms with Crippen LogP contribution in [0.1, 0.15) is 23.4 Å². The molecular formula is C8H7Cl2F2N. The molecule has 0 fully saturated rings. The predicted octanol–water partition coefficient (Wildman–Crippen LogP) is 3.72. The van der Waals surface area contributed by atoms with Gasteiger partial charge in [0.1, 0.15) is 5.69 Å². The van der Waals surface area contributed by atoms with Crippen molar-refractivity contribution in [3.8, 4) is 0 Å². The third-order valence-electron chi connectivity index (χ3n) is 1.57. The third-order valence-corrected chi connectivity index (χ3v) is 2.17. The van der Waals surface area contributed by atoms with Crippen molar-refractivity contribution in [3.05, 3.63) is 28.0 Å². The minimum atomic E-state index is -2.63. The van der Waals surface area contributed by atoms with Gasteiger partial charge in [0.2, 0.25) is 0 Å². The number of alkyl halides is 3. The maximum absolute atomic E-state index is 12.4. The fraction of sp³-hybridized carbons (Fsp3) is 0.375. The fourth-order valence-electron chi connectivity index (χ4n) is 0.995. The van der Waals surface area contributed by atoms with Crippen LogP contribution in [0.25, 0.3) is 0 Å². The van der Waals surface area contributed by atoms with Crippen molar-refractivity contribution in [2.45, 2.75) is 19.2 Å². The van der Waals surface area contributed by atoms with Gasteiger partial charge in [-0.3, -0.25) is 4.98 Å². The standard InChI is InChI=1S/C8H7Cl2F2N/c1-4-2-6(10)5(3-9)7(13-4)8(11)12/h2,8H,3H2,1H3. The van der Waals surface area contributed by atoms with E-state index in [0.717, 1.165) is 0 Å². The second-order valence-electron chi connectivity index (χ2n) is 2.54. The van der Waals surface area contributed by atoms with E-state index in [1.165, 1.54) is 6.07 Å².